The van der Waals surface area contributed by atoms with Crippen LogP contribution in [-0.4, -0.2) is 36.8 Å². The summed E-state index contributed by atoms with van der Waals surface area (Å²) in [6.07, 6.45) is 1.59. The van der Waals surface area contributed by atoms with Crippen LogP contribution in [0.5, 0.6) is 11.5 Å². The first-order chi connectivity index (χ1) is 18.4. The standard InChI is InChI=1S/C33H46NO4.ClH/c1-6-34(24-29-16-10-7-11-17-29,35-25-32(22-27(2)3)37-30-18-12-8-13-19-30)36-26-33(23-28(4)5)38-31-20-14-9-15-21-31;/h7-21,27-28,32-33H,6,22-26H2,1-5H3;1H/q+1;/p-1. The molecule has 3 rings (SSSR count). The number of hydroxylamine groups is 4. The van der Waals surface area contributed by atoms with Crippen molar-refractivity contribution >= 4 is 0 Å². The van der Waals surface area contributed by atoms with Gasteiger partial charge in [0.15, 0.2) is 6.54 Å². The molecule has 3 aromatic carbocycles. The van der Waals surface area contributed by atoms with E-state index in [1.807, 2.05) is 66.7 Å². The van der Waals surface area contributed by atoms with Crippen molar-refractivity contribution in [3.8, 4) is 11.5 Å². The molecule has 0 saturated carbocycles. The molecule has 0 amide bonds. The number of hydrogen-bond acceptors (Lipinski definition) is 4. The van der Waals surface area contributed by atoms with Crippen molar-refractivity contribution in [2.45, 2.75) is 66.2 Å². The minimum absolute atomic E-state index is 0. The van der Waals surface area contributed by atoms with Crippen molar-refractivity contribution in [3.63, 3.8) is 0 Å². The first-order valence-corrected chi connectivity index (χ1v) is 14.0. The second-order valence-corrected chi connectivity index (χ2v) is 10.7. The molecule has 0 spiro atoms. The van der Waals surface area contributed by atoms with Crippen LogP contribution in [0, 0.1) is 11.8 Å². The molecule has 0 fully saturated rings. The molecule has 0 N–H and O–H groups in total. The number of benzene rings is 3. The molecule has 214 valence electrons. The monoisotopic (exact) mass is 555 g/mol. The molecule has 6 heteroatoms. The van der Waals surface area contributed by atoms with Crippen LogP contribution in [0.4, 0.5) is 0 Å². The highest BCUT2D eigenvalue weighted by atomic mass is 35.5. The number of nitrogens with zero attached hydrogens (tertiary/aromatic N) is 1. The Bertz CT molecular complexity index is 958. The SMILES string of the molecule is CC[N+](Cc1ccccc1)(OCC(CC(C)C)Oc1ccccc1)OCC(CC(C)C)Oc1ccccc1.[Cl-]. The highest BCUT2D eigenvalue weighted by Gasteiger charge is 2.34. The fraction of sp³-hybridized carbons (Fsp3) is 0.455. The lowest BCUT2D eigenvalue weighted by atomic mass is 10.1. The molecule has 0 aromatic heterocycles. The van der Waals surface area contributed by atoms with Crippen LogP contribution in [0.25, 0.3) is 0 Å². The lowest BCUT2D eigenvalue weighted by molar-refractivity contribution is -1.26. The van der Waals surface area contributed by atoms with Gasteiger partial charge < -0.3 is 21.9 Å². The van der Waals surface area contributed by atoms with E-state index in [1.54, 1.807) is 0 Å². The second-order valence-electron chi connectivity index (χ2n) is 10.7. The van der Waals surface area contributed by atoms with Gasteiger partial charge in [0, 0.05) is 5.56 Å². The average molecular weight is 556 g/mol. The maximum Gasteiger partial charge on any atom is 0.168 e. The lowest BCUT2D eigenvalue weighted by Gasteiger charge is -2.34. The molecule has 0 heterocycles. The third-order valence-corrected chi connectivity index (χ3v) is 6.30. The van der Waals surface area contributed by atoms with E-state index in [0.29, 0.717) is 38.1 Å². The second kappa shape index (κ2) is 17.2. The number of ether oxygens (including phenoxy) is 2. The average Bonchev–Trinajstić information content (AvgIpc) is 2.91. The van der Waals surface area contributed by atoms with E-state index in [2.05, 4.69) is 58.9 Å². The van der Waals surface area contributed by atoms with E-state index in [9.17, 15) is 0 Å². The summed E-state index contributed by atoms with van der Waals surface area (Å²) in [6, 6.07) is 30.3. The Morgan fingerprint density at radius 1 is 0.590 bits per heavy atom. The van der Waals surface area contributed by atoms with Gasteiger partial charge in [0.25, 0.3) is 0 Å². The Kier molecular flexibility index (Phi) is 14.4. The van der Waals surface area contributed by atoms with Gasteiger partial charge in [0.2, 0.25) is 0 Å². The van der Waals surface area contributed by atoms with Crippen molar-refractivity contribution < 1.29 is 36.4 Å². The zero-order chi connectivity index (χ0) is 27.2. The van der Waals surface area contributed by atoms with Gasteiger partial charge in [-0.15, -0.1) is 0 Å². The Morgan fingerprint density at radius 2 is 0.974 bits per heavy atom. The van der Waals surface area contributed by atoms with E-state index >= 15 is 0 Å². The zero-order valence-electron chi connectivity index (χ0n) is 24.2. The Hall–Kier alpha value is -2.57. The third-order valence-electron chi connectivity index (χ3n) is 6.30. The highest BCUT2D eigenvalue weighted by molar-refractivity contribution is 5.22. The maximum absolute atomic E-state index is 6.66. The van der Waals surface area contributed by atoms with E-state index in [1.165, 1.54) is 0 Å². The van der Waals surface area contributed by atoms with Crippen LogP contribution in [0.2, 0.25) is 0 Å². The maximum atomic E-state index is 6.66. The van der Waals surface area contributed by atoms with Crippen molar-refractivity contribution in [2.75, 3.05) is 19.8 Å². The number of hydrogen-bond donors (Lipinski definition) is 0. The fourth-order valence-corrected chi connectivity index (χ4v) is 4.46. The number of rotatable bonds is 17. The Morgan fingerprint density at radius 3 is 1.33 bits per heavy atom. The van der Waals surface area contributed by atoms with Crippen molar-refractivity contribution in [1.82, 2.24) is 0 Å². The van der Waals surface area contributed by atoms with Crippen molar-refractivity contribution in [1.29, 1.82) is 0 Å². The largest absolute Gasteiger partial charge is 1.00 e. The summed E-state index contributed by atoms with van der Waals surface area (Å²) in [7, 11) is 0. The normalized spacial score (nSPS) is 14.3. The topological polar surface area (TPSA) is 36.9 Å². The summed E-state index contributed by atoms with van der Waals surface area (Å²) >= 11 is 0. The molecule has 0 bridgehead atoms. The molecule has 0 aliphatic carbocycles. The molecule has 2 unspecified atom stereocenters. The van der Waals surface area contributed by atoms with Crippen LogP contribution < -0.4 is 21.9 Å². The van der Waals surface area contributed by atoms with Gasteiger partial charge >= 0.3 is 0 Å². The summed E-state index contributed by atoms with van der Waals surface area (Å²) in [5.41, 5.74) is 1.16. The Balaban J connectivity index is 0.00000533. The molecule has 3 aromatic rings. The van der Waals surface area contributed by atoms with Crippen molar-refractivity contribution in [3.05, 3.63) is 96.6 Å². The quantitative estimate of drug-likeness (QED) is 0.176. The van der Waals surface area contributed by atoms with Gasteiger partial charge in [-0.2, -0.15) is 9.68 Å². The van der Waals surface area contributed by atoms with Crippen LogP contribution in [0.15, 0.2) is 91.0 Å². The summed E-state index contributed by atoms with van der Waals surface area (Å²) in [5.74, 6) is 2.66. The number of quaternary nitrogens is 1. The first-order valence-electron chi connectivity index (χ1n) is 14.0. The Labute approximate surface area is 242 Å². The predicted molar refractivity (Wildman–Crippen MR) is 153 cm³/mol. The van der Waals surface area contributed by atoms with E-state index < -0.39 is 0 Å². The summed E-state index contributed by atoms with van der Waals surface area (Å²) in [5, 5.41) is 0. The van der Waals surface area contributed by atoms with Crippen LogP contribution in [0.3, 0.4) is 0 Å². The van der Waals surface area contributed by atoms with Gasteiger partial charge in [0.1, 0.15) is 43.5 Å². The molecule has 0 saturated heterocycles. The third kappa shape index (κ3) is 12.0. The summed E-state index contributed by atoms with van der Waals surface area (Å²) < 4.78 is 12.7. The molecule has 0 aliphatic heterocycles. The van der Waals surface area contributed by atoms with Crippen molar-refractivity contribution in [2.24, 2.45) is 11.8 Å². The van der Waals surface area contributed by atoms with Crippen LogP contribution >= 0.6 is 0 Å². The van der Waals surface area contributed by atoms with E-state index in [4.69, 9.17) is 19.1 Å². The zero-order valence-corrected chi connectivity index (χ0v) is 24.9. The molecule has 0 radical (unpaired) electrons. The van der Waals surface area contributed by atoms with Crippen LogP contribution in [-0.2, 0) is 16.2 Å². The van der Waals surface area contributed by atoms with Gasteiger partial charge in [-0.1, -0.05) is 94.4 Å². The van der Waals surface area contributed by atoms with Crippen LogP contribution in [0.1, 0.15) is 53.0 Å². The highest BCUT2D eigenvalue weighted by Crippen LogP contribution is 2.23. The first kappa shape index (κ1) is 32.6. The summed E-state index contributed by atoms with van der Waals surface area (Å²) in [6.45, 7) is 13.0. The lowest BCUT2D eigenvalue weighted by Crippen LogP contribution is -3.00. The smallest absolute Gasteiger partial charge is 0.168 e. The van der Waals surface area contributed by atoms with Gasteiger partial charge in [-0.05, 0) is 60.7 Å². The fourth-order valence-electron chi connectivity index (χ4n) is 4.46. The molecular formula is C33H46ClNO4. The van der Waals surface area contributed by atoms with E-state index in [0.717, 1.165) is 29.9 Å². The number of halogens is 1. The number of para-hydroxylation sites is 2. The van der Waals surface area contributed by atoms with Gasteiger partial charge in [0.05, 0.1) is 0 Å². The minimum atomic E-state index is -0.0900. The predicted octanol–water partition coefficient (Wildman–Crippen LogP) is 4.88. The summed E-state index contributed by atoms with van der Waals surface area (Å²) in [4.78, 5) is 13.4. The van der Waals surface area contributed by atoms with Gasteiger partial charge in [-0.3, -0.25) is 0 Å². The molecule has 39 heavy (non-hydrogen) atoms. The minimum Gasteiger partial charge on any atom is -1.00 e. The van der Waals surface area contributed by atoms with E-state index in [-0.39, 0.29) is 29.4 Å². The molecule has 5 nitrogen and oxygen atoms in total. The van der Waals surface area contributed by atoms with Gasteiger partial charge in [-0.25, -0.2) is 0 Å². The molecule has 2 atom stereocenters. The molecule has 0 aliphatic rings. The molecular weight excluding hydrogens is 510 g/mol.